The highest BCUT2D eigenvalue weighted by Crippen LogP contribution is 2.08. The maximum absolute atomic E-state index is 11.5. The fourth-order valence-corrected chi connectivity index (χ4v) is 1.34. The van der Waals surface area contributed by atoms with E-state index in [9.17, 15) is 9.59 Å². The standard InChI is InChI=1S/C14H15NO3/c1-11(16)15-10-6-5-8-12-7-3-4-9-13(12)14(17)18-2/h3-4,7,9H,6,10H2,1-2H3,(H,15,16). The largest absolute Gasteiger partial charge is 0.465 e. The molecule has 94 valence electrons. The topological polar surface area (TPSA) is 55.4 Å². The molecule has 1 amide bonds. The lowest BCUT2D eigenvalue weighted by atomic mass is 10.1. The van der Waals surface area contributed by atoms with E-state index in [1.165, 1.54) is 14.0 Å². The van der Waals surface area contributed by atoms with Crippen molar-refractivity contribution in [2.45, 2.75) is 13.3 Å². The number of esters is 1. The molecule has 0 aliphatic rings. The van der Waals surface area contributed by atoms with E-state index >= 15 is 0 Å². The van der Waals surface area contributed by atoms with Gasteiger partial charge >= 0.3 is 5.97 Å². The van der Waals surface area contributed by atoms with Crippen LogP contribution >= 0.6 is 0 Å². The van der Waals surface area contributed by atoms with E-state index in [2.05, 4.69) is 21.9 Å². The van der Waals surface area contributed by atoms with Crippen molar-refractivity contribution in [1.82, 2.24) is 5.32 Å². The number of hydrogen-bond acceptors (Lipinski definition) is 3. The summed E-state index contributed by atoms with van der Waals surface area (Å²) in [5, 5.41) is 2.65. The normalized spacial score (nSPS) is 9.00. The maximum atomic E-state index is 11.5. The van der Waals surface area contributed by atoms with Gasteiger partial charge in [-0.2, -0.15) is 0 Å². The van der Waals surface area contributed by atoms with Crippen molar-refractivity contribution < 1.29 is 14.3 Å². The summed E-state index contributed by atoms with van der Waals surface area (Å²) in [5.74, 6) is 5.33. The highest BCUT2D eigenvalue weighted by molar-refractivity contribution is 5.92. The Kier molecular flexibility index (Phi) is 5.46. The van der Waals surface area contributed by atoms with E-state index in [1.807, 2.05) is 6.07 Å². The quantitative estimate of drug-likeness (QED) is 0.497. The van der Waals surface area contributed by atoms with Crippen LogP contribution in [0.4, 0.5) is 0 Å². The predicted octanol–water partition coefficient (Wildman–Crippen LogP) is 1.35. The third kappa shape index (κ3) is 4.30. The van der Waals surface area contributed by atoms with Crippen molar-refractivity contribution in [3.8, 4) is 11.8 Å². The van der Waals surface area contributed by atoms with Crippen molar-refractivity contribution in [2.24, 2.45) is 0 Å². The molecule has 4 heteroatoms. The molecule has 4 nitrogen and oxygen atoms in total. The third-order valence-electron chi connectivity index (χ3n) is 2.18. The molecular weight excluding hydrogens is 230 g/mol. The SMILES string of the molecule is COC(=O)c1ccccc1C#CCCNC(C)=O. The zero-order valence-electron chi connectivity index (χ0n) is 10.4. The molecule has 0 aliphatic carbocycles. The van der Waals surface area contributed by atoms with Crippen LogP contribution in [-0.2, 0) is 9.53 Å². The molecule has 1 rings (SSSR count). The number of carbonyl (C=O) groups excluding carboxylic acids is 2. The summed E-state index contributed by atoms with van der Waals surface area (Å²) in [4.78, 5) is 22.1. The number of methoxy groups -OCH3 is 1. The Bertz CT molecular complexity index is 497. The molecule has 18 heavy (non-hydrogen) atoms. The first-order chi connectivity index (χ1) is 8.65. The zero-order chi connectivity index (χ0) is 13.4. The molecule has 0 unspecified atom stereocenters. The second kappa shape index (κ2) is 7.13. The Labute approximate surface area is 106 Å². The van der Waals surface area contributed by atoms with Crippen molar-refractivity contribution in [3.63, 3.8) is 0 Å². The zero-order valence-corrected chi connectivity index (χ0v) is 10.4. The lowest BCUT2D eigenvalue weighted by Crippen LogP contribution is -2.20. The fourth-order valence-electron chi connectivity index (χ4n) is 1.34. The summed E-state index contributed by atoms with van der Waals surface area (Å²) >= 11 is 0. The molecule has 1 aromatic carbocycles. The van der Waals surface area contributed by atoms with E-state index in [-0.39, 0.29) is 5.91 Å². The molecular formula is C14H15NO3. The van der Waals surface area contributed by atoms with Gasteiger partial charge < -0.3 is 10.1 Å². The van der Waals surface area contributed by atoms with Crippen LogP contribution in [0.15, 0.2) is 24.3 Å². The molecule has 0 aliphatic heterocycles. The van der Waals surface area contributed by atoms with E-state index in [0.29, 0.717) is 24.1 Å². The average Bonchev–Trinajstić information content (AvgIpc) is 2.37. The smallest absolute Gasteiger partial charge is 0.339 e. The molecule has 0 radical (unpaired) electrons. The number of hydrogen-bond donors (Lipinski definition) is 1. The summed E-state index contributed by atoms with van der Waals surface area (Å²) in [5.41, 5.74) is 1.08. The van der Waals surface area contributed by atoms with E-state index in [4.69, 9.17) is 0 Å². The van der Waals surface area contributed by atoms with E-state index < -0.39 is 5.97 Å². The summed E-state index contributed by atoms with van der Waals surface area (Å²) in [6.45, 7) is 1.96. The van der Waals surface area contributed by atoms with Crippen LogP contribution in [0, 0.1) is 11.8 Å². The molecule has 0 heterocycles. The molecule has 1 N–H and O–H groups in total. The number of amides is 1. The van der Waals surface area contributed by atoms with Gasteiger partial charge in [0.25, 0.3) is 0 Å². The van der Waals surface area contributed by atoms with Gasteiger partial charge in [-0.05, 0) is 12.1 Å². The lowest BCUT2D eigenvalue weighted by Gasteiger charge is -2.01. The molecule has 0 saturated carbocycles. The van der Waals surface area contributed by atoms with Crippen LogP contribution in [0.5, 0.6) is 0 Å². The first kappa shape index (κ1) is 13.8. The van der Waals surface area contributed by atoms with Crippen LogP contribution in [0.25, 0.3) is 0 Å². The minimum atomic E-state index is -0.401. The van der Waals surface area contributed by atoms with Crippen LogP contribution < -0.4 is 5.32 Å². The number of carbonyl (C=O) groups is 2. The van der Waals surface area contributed by atoms with Gasteiger partial charge in [0.05, 0.1) is 12.7 Å². The minimum absolute atomic E-state index is 0.0771. The van der Waals surface area contributed by atoms with Gasteiger partial charge in [-0.15, -0.1) is 0 Å². The predicted molar refractivity (Wildman–Crippen MR) is 68.0 cm³/mol. The van der Waals surface area contributed by atoms with Gasteiger partial charge in [-0.25, -0.2) is 4.79 Å². The second-order valence-corrected chi connectivity index (χ2v) is 3.57. The van der Waals surface area contributed by atoms with E-state index in [1.54, 1.807) is 18.2 Å². The Balaban J connectivity index is 2.70. The van der Waals surface area contributed by atoms with Gasteiger partial charge in [0, 0.05) is 25.5 Å². The average molecular weight is 245 g/mol. The first-order valence-corrected chi connectivity index (χ1v) is 5.56. The van der Waals surface area contributed by atoms with Crippen molar-refractivity contribution in [2.75, 3.05) is 13.7 Å². The minimum Gasteiger partial charge on any atom is -0.465 e. The van der Waals surface area contributed by atoms with Gasteiger partial charge in [0.1, 0.15) is 0 Å². The molecule has 0 atom stereocenters. The molecule has 0 aromatic heterocycles. The Hall–Kier alpha value is -2.28. The lowest BCUT2D eigenvalue weighted by molar-refractivity contribution is -0.118. The van der Waals surface area contributed by atoms with Crippen molar-refractivity contribution in [1.29, 1.82) is 0 Å². The molecule has 0 spiro atoms. The highest BCUT2D eigenvalue weighted by atomic mass is 16.5. The molecule has 0 bridgehead atoms. The molecule has 1 aromatic rings. The summed E-state index contributed by atoms with van der Waals surface area (Å²) in [6, 6.07) is 7.00. The van der Waals surface area contributed by atoms with Gasteiger partial charge in [0.2, 0.25) is 5.91 Å². The fraction of sp³-hybridized carbons (Fsp3) is 0.286. The van der Waals surface area contributed by atoms with Crippen molar-refractivity contribution >= 4 is 11.9 Å². The number of rotatable bonds is 3. The number of nitrogens with one attached hydrogen (secondary N) is 1. The monoisotopic (exact) mass is 245 g/mol. The Morgan fingerprint density at radius 1 is 1.33 bits per heavy atom. The molecule has 0 fully saturated rings. The molecule has 0 saturated heterocycles. The van der Waals surface area contributed by atoms with Crippen molar-refractivity contribution in [3.05, 3.63) is 35.4 Å². The van der Waals surface area contributed by atoms with Crippen LogP contribution in [0.2, 0.25) is 0 Å². The highest BCUT2D eigenvalue weighted by Gasteiger charge is 2.08. The first-order valence-electron chi connectivity index (χ1n) is 5.56. The Morgan fingerprint density at radius 2 is 2.06 bits per heavy atom. The van der Waals surface area contributed by atoms with Crippen LogP contribution in [0.3, 0.4) is 0 Å². The van der Waals surface area contributed by atoms with Gasteiger partial charge in [-0.3, -0.25) is 4.79 Å². The summed E-state index contributed by atoms with van der Waals surface area (Å²) < 4.78 is 4.67. The van der Waals surface area contributed by atoms with Gasteiger partial charge in [-0.1, -0.05) is 24.0 Å². The van der Waals surface area contributed by atoms with Crippen LogP contribution in [0.1, 0.15) is 29.3 Å². The number of benzene rings is 1. The van der Waals surface area contributed by atoms with Gasteiger partial charge in [0.15, 0.2) is 0 Å². The number of ether oxygens (including phenoxy) is 1. The summed E-state index contributed by atoms with van der Waals surface area (Å²) in [7, 11) is 1.34. The third-order valence-corrected chi connectivity index (χ3v) is 2.18. The summed E-state index contributed by atoms with van der Waals surface area (Å²) in [6.07, 6.45) is 0.537. The van der Waals surface area contributed by atoms with E-state index in [0.717, 1.165) is 0 Å². The Morgan fingerprint density at radius 3 is 2.72 bits per heavy atom. The maximum Gasteiger partial charge on any atom is 0.339 e. The van der Waals surface area contributed by atoms with Crippen LogP contribution in [-0.4, -0.2) is 25.5 Å². The second-order valence-electron chi connectivity index (χ2n) is 3.57.